The molecule has 0 saturated heterocycles. The van der Waals surface area contributed by atoms with E-state index in [2.05, 4.69) is 22.0 Å². The molecule has 1 aliphatic rings. The third-order valence-electron chi connectivity index (χ3n) is 4.13. The molecule has 0 fully saturated rings. The standard InChI is InChI=1S/C18H16ClN3/c19-16-3-4-17-14(9-16)8-15-12-22(7-5-18(15)21-17)11-13-2-1-6-20-10-13/h1-4,6,8-10H,5,7,11-12H2. The number of hydrogen-bond donors (Lipinski definition) is 0. The van der Waals surface area contributed by atoms with Crippen LogP contribution in [-0.4, -0.2) is 21.4 Å². The van der Waals surface area contributed by atoms with Gasteiger partial charge in [-0.15, -0.1) is 0 Å². The predicted octanol–water partition coefficient (Wildman–Crippen LogP) is 3.84. The molecule has 0 saturated carbocycles. The van der Waals surface area contributed by atoms with Gasteiger partial charge in [-0.25, -0.2) is 0 Å². The molecule has 2 aromatic heterocycles. The van der Waals surface area contributed by atoms with Crippen molar-refractivity contribution in [1.29, 1.82) is 0 Å². The number of hydrogen-bond acceptors (Lipinski definition) is 3. The van der Waals surface area contributed by atoms with E-state index in [1.54, 1.807) is 0 Å². The summed E-state index contributed by atoms with van der Waals surface area (Å²) in [6.45, 7) is 2.90. The molecule has 1 aromatic carbocycles. The second-order valence-electron chi connectivity index (χ2n) is 5.75. The Morgan fingerprint density at radius 1 is 1.18 bits per heavy atom. The minimum absolute atomic E-state index is 0.761. The third-order valence-corrected chi connectivity index (χ3v) is 4.37. The van der Waals surface area contributed by atoms with Crippen LogP contribution < -0.4 is 0 Å². The summed E-state index contributed by atoms with van der Waals surface area (Å²) in [7, 11) is 0. The summed E-state index contributed by atoms with van der Waals surface area (Å²) < 4.78 is 0. The van der Waals surface area contributed by atoms with E-state index in [0.29, 0.717) is 0 Å². The molecule has 3 heterocycles. The van der Waals surface area contributed by atoms with Crippen LogP contribution in [-0.2, 0) is 19.5 Å². The van der Waals surface area contributed by atoms with Gasteiger partial charge in [0.25, 0.3) is 0 Å². The third kappa shape index (κ3) is 2.70. The van der Waals surface area contributed by atoms with Gasteiger partial charge < -0.3 is 0 Å². The summed E-state index contributed by atoms with van der Waals surface area (Å²) in [6, 6.07) is 12.2. The van der Waals surface area contributed by atoms with Crippen LogP contribution in [0.5, 0.6) is 0 Å². The summed E-state index contributed by atoms with van der Waals surface area (Å²) in [5.74, 6) is 0. The lowest BCUT2D eigenvalue weighted by Crippen LogP contribution is -2.30. The van der Waals surface area contributed by atoms with Crippen LogP contribution in [0.4, 0.5) is 0 Å². The first-order chi connectivity index (χ1) is 10.8. The van der Waals surface area contributed by atoms with Crippen molar-refractivity contribution in [2.45, 2.75) is 19.5 Å². The fourth-order valence-corrected chi connectivity index (χ4v) is 3.23. The molecule has 0 N–H and O–H groups in total. The van der Waals surface area contributed by atoms with E-state index in [1.165, 1.54) is 16.8 Å². The Hall–Kier alpha value is -1.97. The molecule has 0 atom stereocenters. The predicted molar refractivity (Wildman–Crippen MR) is 88.8 cm³/mol. The number of benzene rings is 1. The Morgan fingerprint density at radius 3 is 3.00 bits per heavy atom. The summed E-state index contributed by atoms with van der Waals surface area (Å²) in [6.07, 6.45) is 4.75. The fraction of sp³-hybridized carbons (Fsp3) is 0.222. The Labute approximate surface area is 134 Å². The second kappa shape index (κ2) is 5.67. The minimum atomic E-state index is 0.761. The van der Waals surface area contributed by atoms with Gasteiger partial charge in [0.1, 0.15) is 0 Å². The maximum atomic E-state index is 6.09. The fourth-order valence-electron chi connectivity index (χ4n) is 3.05. The first kappa shape index (κ1) is 13.7. The number of aromatic nitrogens is 2. The monoisotopic (exact) mass is 309 g/mol. The lowest BCUT2D eigenvalue weighted by Gasteiger charge is -2.28. The molecule has 22 heavy (non-hydrogen) atoms. The lowest BCUT2D eigenvalue weighted by molar-refractivity contribution is 0.243. The van der Waals surface area contributed by atoms with Crippen LogP contribution in [0.3, 0.4) is 0 Å². The van der Waals surface area contributed by atoms with E-state index in [9.17, 15) is 0 Å². The highest BCUT2D eigenvalue weighted by atomic mass is 35.5. The first-order valence-electron chi connectivity index (χ1n) is 7.47. The smallest absolute Gasteiger partial charge is 0.0706 e. The van der Waals surface area contributed by atoms with Gasteiger partial charge in [0.15, 0.2) is 0 Å². The molecule has 0 bridgehead atoms. The van der Waals surface area contributed by atoms with E-state index < -0.39 is 0 Å². The van der Waals surface area contributed by atoms with E-state index >= 15 is 0 Å². The van der Waals surface area contributed by atoms with Crippen LogP contribution in [0, 0.1) is 0 Å². The molecule has 0 radical (unpaired) electrons. The van der Waals surface area contributed by atoms with Gasteiger partial charge in [-0.3, -0.25) is 14.9 Å². The van der Waals surface area contributed by atoms with E-state index in [-0.39, 0.29) is 0 Å². The van der Waals surface area contributed by atoms with Gasteiger partial charge >= 0.3 is 0 Å². The maximum absolute atomic E-state index is 6.09. The van der Waals surface area contributed by atoms with Crippen molar-refractivity contribution < 1.29 is 0 Å². The van der Waals surface area contributed by atoms with Gasteiger partial charge in [0, 0.05) is 54.6 Å². The van der Waals surface area contributed by atoms with Crippen LogP contribution in [0.2, 0.25) is 5.02 Å². The quantitative estimate of drug-likeness (QED) is 0.720. The van der Waals surface area contributed by atoms with Gasteiger partial charge in [-0.05, 0) is 41.5 Å². The summed E-state index contributed by atoms with van der Waals surface area (Å²) in [5, 5.41) is 1.88. The molecular formula is C18H16ClN3. The molecule has 4 heteroatoms. The molecular weight excluding hydrogens is 294 g/mol. The van der Waals surface area contributed by atoms with Crippen molar-refractivity contribution in [3.05, 3.63) is 70.6 Å². The molecule has 0 amide bonds. The van der Waals surface area contributed by atoms with Crippen molar-refractivity contribution >= 4 is 22.5 Å². The molecule has 3 nitrogen and oxygen atoms in total. The van der Waals surface area contributed by atoms with Crippen molar-refractivity contribution in [2.24, 2.45) is 0 Å². The van der Waals surface area contributed by atoms with Crippen molar-refractivity contribution in [1.82, 2.24) is 14.9 Å². The maximum Gasteiger partial charge on any atom is 0.0706 e. The SMILES string of the molecule is Clc1ccc2nc3c(cc2c1)CN(Cc1cccnc1)CC3. The highest BCUT2D eigenvalue weighted by molar-refractivity contribution is 6.31. The summed E-state index contributed by atoms with van der Waals surface area (Å²) in [4.78, 5) is 11.4. The first-order valence-corrected chi connectivity index (χ1v) is 7.85. The second-order valence-corrected chi connectivity index (χ2v) is 6.19. The Morgan fingerprint density at radius 2 is 2.14 bits per heavy atom. The van der Waals surface area contributed by atoms with Crippen LogP contribution in [0.1, 0.15) is 16.8 Å². The minimum Gasteiger partial charge on any atom is -0.294 e. The van der Waals surface area contributed by atoms with Crippen LogP contribution in [0.15, 0.2) is 48.8 Å². The van der Waals surface area contributed by atoms with Gasteiger partial charge in [-0.2, -0.15) is 0 Å². The van der Waals surface area contributed by atoms with Crippen LogP contribution >= 0.6 is 11.6 Å². The normalized spacial score (nSPS) is 15.0. The number of halogens is 1. The average molecular weight is 310 g/mol. The molecule has 3 aromatic rings. The van der Waals surface area contributed by atoms with E-state index in [1.807, 2.05) is 36.7 Å². The van der Waals surface area contributed by atoms with Crippen molar-refractivity contribution in [2.75, 3.05) is 6.54 Å². The van der Waals surface area contributed by atoms with Crippen molar-refractivity contribution in [3.63, 3.8) is 0 Å². The average Bonchev–Trinajstić information content (AvgIpc) is 2.54. The number of fused-ring (bicyclic) bond motifs is 2. The van der Waals surface area contributed by atoms with E-state index in [4.69, 9.17) is 16.6 Å². The molecule has 110 valence electrons. The molecule has 1 aliphatic heterocycles. The molecule has 0 unspecified atom stereocenters. The Balaban J connectivity index is 1.62. The highest BCUT2D eigenvalue weighted by Crippen LogP contribution is 2.25. The zero-order valence-corrected chi connectivity index (χ0v) is 12.9. The topological polar surface area (TPSA) is 29.0 Å². The molecule has 0 aliphatic carbocycles. The van der Waals surface area contributed by atoms with Gasteiger partial charge in [0.2, 0.25) is 0 Å². The molecule has 4 rings (SSSR count). The zero-order valence-electron chi connectivity index (χ0n) is 12.2. The largest absolute Gasteiger partial charge is 0.294 e. The number of rotatable bonds is 2. The number of pyridine rings is 2. The zero-order chi connectivity index (χ0) is 14.9. The lowest BCUT2D eigenvalue weighted by atomic mass is 10.0. The van der Waals surface area contributed by atoms with Crippen LogP contribution in [0.25, 0.3) is 10.9 Å². The highest BCUT2D eigenvalue weighted by Gasteiger charge is 2.18. The summed E-state index contributed by atoms with van der Waals surface area (Å²) >= 11 is 6.09. The number of nitrogens with zero attached hydrogens (tertiary/aromatic N) is 3. The Bertz CT molecular complexity index is 817. The summed E-state index contributed by atoms with van der Waals surface area (Å²) in [5.41, 5.74) is 4.81. The van der Waals surface area contributed by atoms with E-state index in [0.717, 1.165) is 42.0 Å². The van der Waals surface area contributed by atoms with Crippen molar-refractivity contribution in [3.8, 4) is 0 Å². The molecule has 0 spiro atoms. The van der Waals surface area contributed by atoms with Gasteiger partial charge in [0.05, 0.1) is 5.52 Å². The Kier molecular flexibility index (Phi) is 3.53. The van der Waals surface area contributed by atoms with Gasteiger partial charge in [-0.1, -0.05) is 17.7 Å².